The monoisotopic (exact) mass is 289 g/mol. The summed E-state index contributed by atoms with van der Waals surface area (Å²) in [6.07, 6.45) is 0. The van der Waals surface area contributed by atoms with E-state index in [1.54, 1.807) is 36.1 Å². The Morgan fingerprint density at radius 2 is 2.19 bits per heavy atom. The Kier molecular flexibility index (Phi) is 6.37. The van der Waals surface area contributed by atoms with Crippen LogP contribution in [0.4, 0.5) is 5.69 Å². The molecule has 0 aliphatic rings. The van der Waals surface area contributed by atoms with E-state index in [2.05, 4.69) is 5.32 Å². The fourth-order valence-corrected chi connectivity index (χ4v) is 1.84. The molecule has 1 aromatic carbocycles. The number of rotatable bonds is 7. The van der Waals surface area contributed by atoms with Gasteiger partial charge in [0.05, 0.1) is 24.1 Å². The summed E-state index contributed by atoms with van der Waals surface area (Å²) in [7, 11) is 0. The van der Waals surface area contributed by atoms with Gasteiger partial charge in [-0.1, -0.05) is 19.9 Å². The van der Waals surface area contributed by atoms with Gasteiger partial charge in [0, 0.05) is 12.2 Å². The van der Waals surface area contributed by atoms with Crippen molar-refractivity contribution in [3.05, 3.63) is 29.8 Å². The maximum absolute atomic E-state index is 11.9. The van der Waals surface area contributed by atoms with E-state index in [1.165, 1.54) is 0 Å². The summed E-state index contributed by atoms with van der Waals surface area (Å²) in [5.74, 6) is -1.64. The zero-order valence-electron chi connectivity index (χ0n) is 12.2. The van der Waals surface area contributed by atoms with E-state index in [4.69, 9.17) is 10.4 Å². The fourth-order valence-electron chi connectivity index (χ4n) is 1.84. The molecule has 6 heteroatoms. The molecule has 112 valence electrons. The Labute approximate surface area is 124 Å². The first-order chi connectivity index (χ1) is 9.96. The maximum atomic E-state index is 11.9. The molecule has 0 radical (unpaired) electrons. The number of carbonyl (C=O) groups excluding carboxylic acids is 1. The van der Waals surface area contributed by atoms with E-state index in [0.29, 0.717) is 24.3 Å². The van der Waals surface area contributed by atoms with Crippen LogP contribution in [0.25, 0.3) is 0 Å². The molecule has 0 aliphatic carbocycles. The van der Waals surface area contributed by atoms with Crippen LogP contribution in [-0.4, -0.2) is 41.5 Å². The van der Waals surface area contributed by atoms with Gasteiger partial charge in [-0.2, -0.15) is 5.26 Å². The summed E-state index contributed by atoms with van der Waals surface area (Å²) < 4.78 is 0. The molecule has 0 heterocycles. The molecule has 1 aromatic rings. The van der Waals surface area contributed by atoms with Gasteiger partial charge in [0.1, 0.15) is 0 Å². The zero-order chi connectivity index (χ0) is 15.8. The summed E-state index contributed by atoms with van der Waals surface area (Å²) in [5.41, 5.74) is 1.03. The van der Waals surface area contributed by atoms with Gasteiger partial charge in [-0.05, 0) is 24.7 Å². The second kappa shape index (κ2) is 8.02. The van der Waals surface area contributed by atoms with Crippen molar-refractivity contribution >= 4 is 17.6 Å². The van der Waals surface area contributed by atoms with Crippen molar-refractivity contribution in [1.82, 2.24) is 4.90 Å². The van der Waals surface area contributed by atoms with Crippen LogP contribution in [0, 0.1) is 17.2 Å². The van der Waals surface area contributed by atoms with Gasteiger partial charge in [0.25, 0.3) is 0 Å². The number of likely N-dealkylation sites (N-methyl/N-ethyl adjacent to an activating group) is 1. The summed E-state index contributed by atoms with van der Waals surface area (Å²) in [6.45, 7) is 4.50. The molecule has 0 aromatic heterocycles. The molecule has 1 unspecified atom stereocenters. The molecule has 0 aliphatic heterocycles. The summed E-state index contributed by atoms with van der Waals surface area (Å²) in [6, 6.07) is 8.65. The van der Waals surface area contributed by atoms with Crippen LogP contribution in [-0.2, 0) is 9.59 Å². The Morgan fingerprint density at radius 1 is 1.48 bits per heavy atom. The molecule has 0 fully saturated rings. The predicted molar refractivity (Wildman–Crippen MR) is 78.7 cm³/mol. The molecule has 0 saturated heterocycles. The molecule has 0 saturated carbocycles. The van der Waals surface area contributed by atoms with Gasteiger partial charge >= 0.3 is 5.97 Å². The van der Waals surface area contributed by atoms with Crippen molar-refractivity contribution in [2.45, 2.75) is 13.8 Å². The highest BCUT2D eigenvalue weighted by molar-refractivity contribution is 5.92. The van der Waals surface area contributed by atoms with Crippen LogP contribution < -0.4 is 5.32 Å². The van der Waals surface area contributed by atoms with Crippen molar-refractivity contribution < 1.29 is 14.7 Å². The Hall–Kier alpha value is -2.39. The highest BCUT2D eigenvalue weighted by Gasteiger charge is 2.17. The van der Waals surface area contributed by atoms with E-state index in [-0.39, 0.29) is 12.5 Å². The normalized spacial score (nSPS) is 11.7. The number of hydrogen-bond acceptors (Lipinski definition) is 4. The molecule has 2 N–H and O–H groups in total. The predicted octanol–water partition coefficient (Wildman–Crippen LogP) is 1.54. The van der Waals surface area contributed by atoms with Gasteiger partial charge in [0.15, 0.2) is 0 Å². The number of nitrogens with zero attached hydrogens (tertiary/aromatic N) is 2. The zero-order valence-corrected chi connectivity index (χ0v) is 12.2. The molecule has 0 spiro atoms. The third kappa shape index (κ3) is 5.63. The lowest BCUT2D eigenvalue weighted by Gasteiger charge is -2.21. The standard InChI is InChI=1S/C15H19N3O3/c1-3-18(9-11(2)15(20)21)10-14(19)17-13-6-4-5-12(7-13)8-16/h4-7,11H,3,9-10H2,1-2H3,(H,17,19)(H,20,21). The average molecular weight is 289 g/mol. The topological polar surface area (TPSA) is 93.4 Å². The summed E-state index contributed by atoms with van der Waals surface area (Å²) in [5, 5.41) is 20.4. The first-order valence-electron chi connectivity index (χ1n) is 6.71. The first-order valence-corrected chi connectivity index (χ1v) is 6.71. The van der Waals surface area contributed by atoms with E-state index in [0.717, 1.165) is 0 Å². The van der Waals surface area contributed by atoms with Crippen LogP contribution in [0.3, 0.4) is 0 Å². The van der Waals surface area contributed by atoms with Crippen molar-refractivity contribution in [1.29, 1.82) is 5.26 Å². The fraction of sp³-hybridized carbons (Fsp3) is 0.400. The van der Waals surface area contributed by atoms with Gasteiger partial charge in [0.2, 0.25) is 5.91 Å². The molecule has 1 amide bonds. The van der Waals surface area contributed by atoms with Crippen molar-refractivity contribution in [3.63, 3.8) is 0 Å². The first kappa shape index (κ1) is 16.7. The largest absolute Gasteiger partial charge is 0.481 e. The van der Waals surface area contributed by atoms with Crippen LogP contribution in [0.5, 0.6) is 0 Å². The summed E-state index contributed by atoms with van der Waals surface area (Å²) in [4.78, 5) is 24.6. The number of aliphatic carboxylic acids is 1. The number of hydrogen-bond donors (Lipinski definition) is 2. The van der Waals surface area contributed by atoms with Crippen molar-refractivity contribution in [3.8, 4) is 6.07 Å². The second-order valence-electron chi connectivity index (χ2n) is 4.81. The Morgan fingerprint density at radius 3 is 2.76 bits per heavy atom. The highest BCUT2D eigenvalue weighted by atomic mass is 16.4. The maximum Gasteiger partial charge on any atom is 0.307 e. The van der Waals surface area contributed by atoms with Crippen LogP contribution in [0.15, 0.2) is 24.3 Å². The molecule has 0 bridgehead atoms. The number of benzene rings is 1. The second-order valence-corrected chi connectivity index (χ2v) is 4.81. The minimum atomic E-state index is -0.879. The smallest absolute Gasteiger partial charge is 0.307 e. The number of carboxylic acids is 1. The number of carbonyl (C=O) groups is 2. The summed E-state index contributed by atoms with van der Waals surface area (Å²) >= 11 is 0. The number of nitriles is 1. The van der Waals surface area contributed by atoms with E-state index in [9.17, 15) is 9.59 Å². The lowest BCUT2D eigenvalue weighted by molar-refractivity contribution is -0.142. The van der Waals surface area contributed by atoms with Gasteiger partial charge < -0.3 is 10.4 Å². The SMILES string of the molecule is CCN(CC(=O)Nc1cccc(C#N)c1)CC(C)C(=O)O. The Bertz CT molecular complexity index is 551. The molecule has 21 heavy (non-hydrogen) atoms. The molecule has 1 atom stereocenters. The number of amides is 1. The van der Waals surface area contributed by atoms with Gasteiger partial charge in [-0.15, -0.1) is 0 Å². The molecular weight excluding hydrogens is 270 g/mol. The minimum Gasteiger partial charge on any atom is -0.481 e. The average Bonchev–Trinajstić information content (AvgIpc) is 2.46. The quantitative estimate of drug-likeness (QED) is 0.794. The molecule has 6 nitrogen and oxygen atoms in total. The van der Waals surface area contributed by atoms with Gasteiger partial charge in [-0.25, -0.2) is 0 Å². The van der Waals surface area contributed by atoms with Crippen LogP contribution >= 0.6 is 0 Å². The van der Waals surface area contributed by atoms with Crippen LogP contribution in [0.1, 0.15) is 19.4 Å². The third-order valence-corrected chi connectivity index (χ3v) is 3.04. The lowest BCUT2D eigenvalue weighted by Crippen LogP contribution is -2.37. The van der Waals surface area contributed by atoms with E-state index in [1.807, 2.05) is 13.0 Å². The third-order valence-electron chi connectivity index (χ3n) is 3.04. The molecule has 1 rings (SSSR count). The van der Waals surface area contributed by atoms with E-state index < -0.39 is 11.9 Å². The van der Waals surface area contributed by atoms with E-state index >= 15 is 0 Å². The number of anilines is 1. The van der Waals surface area contributed by atoms with Gasteiger partial charge in [-0.3, -0.25) is 14.5 Å². The number of nitrogens with one attached hydrogen (secondary N) is 1. The lowest BCUT2D eigenvalue weighted by atomic mass is 10.1. The van der Waals surface area contributed by atoms with Crippen LogP contribution in [0.2, 0.25) is 0 Å². The highest BCUT2D eigenvalue weighted by Crippen LogP contribution is 2.10. The number of carboxylic acid groups (broad SMARTS) is 1. The van der Waals surface area contributed by atoms with Crippen molar-refractivity contribution in [2.24, 2.45) is 5.92 Å². The van der Waals surface area contributed by atoms with Crippen molar-refractivity contribution in [2.75, 3.05) is 25.0 Å². The minimum absolute atomic E-state index is 0.116. The molecular formula is C15H19N3O3. The Balaban J connectivity index is 2.58.